The predicted octanol–water partition coefficient (Wildman–Crippen LogP) is 2.77. The first-order valence-electron chi connectivity index (χ1n) is 30.3. The molecule has 8 fully saturated rings. The van der Waals surface area contributed by atoms with Crippen molar-refractivity contribution in [2.24, 2.45) is 17.8 Å². The Labute approximate surface area is 520 Å². The number of ether oxygens (including phenoxy) is 9. The normalized spacial score (nSPS) is 31.3. The first-order chi connectivity index (χ1) is 43.5. The number of fused-ring (bicyclic) bond motifs is 5. The number of aromatic nitrogens is 9. The van der Waals surface area contributed by atoms with E-state index in [4.69, 9.17) is 64.9 Å². The Bertz CT molecular complexity index is 3800. The number of aliphatic carboxylic acids is 1. The van der Waals surface area contributed by atoms with Gasteiger partial charge in [-0.3, -0.25) is 14.4 Å². The van der Waals surface area contributed by atoms with Gasteiger partial charge in [-0.15, -0.1) is 0 Å². The minimum absolute atomic E-state index is 0.0141. The van der Waals surface area contributed by atoms with Crippen LogP contribution in [0, 0.1) is 51.7 Å². The topological polar surface area (TPSA) is 455 Å². The molecule has 5 saturated heterocycles. The van der Waals surface area contributed by atoms with Crippen LogP contribution in [0.4, 0.5) is 17.5 Å². The number of nitrogens with zero attached hydrogens (tertiary/aromatic N) is 12. The minimum Gasteiger partial charge on any atom is -0.481 e. The summed E-state index contributed by atoms with van der Waals surface area (Å²) >= 11 is 0. The van der Waals surface area contributed by atoms with Crippen LogP contribution < -0.4 is 17.2 Å². The summed E-state index contributed by atoms with van der Waals surface area (Å²) in [6.07, 6.45) is 7.22. The number of carboxylic acids is 1. The number of aliphatic hydroxyl groups is 3. The number of carbonyl (C=O) groups is 3. The maximum Gasteiger partial charge on any atom is 0.309 e. The molecule has 12 atom stereocenters. The number of rotatable bonds is 11. The number of anilines is 3. The first kappa shape index (κ1) is 64.3. The van der Waals surface area contributed by atoms with Crippen LogP contribution in [0.5, 0.6) is 0 Å². The highest BCUT2D eigenvalue weighted by Crippen LogP contribution is 2.51. The van der Waals surface area contributed by atoms with E-state index in [0.29, 0.717) is 33.8 Å². The molecule has 3 aliphatic carbocycles. The molecular formula is C60H73N15O16. The van der Waals surface area contributed by atoms with E-state index in [1.165, 1.54) is 38.6 Å². The summed E-state index contributed by atoms with van der Waals surface area (Å²) < 4.78 is 57.2. The van der Waals surface area contributed by atoms with Gasteiger partial charge in [-0.05, 0) is 103 Å². The summed E-state index contributed by atoms with van der Waals surface area (Å²) in [5.41, 5.74) is 15.4. The lowest BCUT2D eigenvalue weighted by Gasteiger charge is -2.29. The smallest absolute Gasteiger partial charge is 0.309 e. The van der Waals surface area contributed by atoms with Crippen LogP contribution in [0.2, 0.25) is 0 Å². The average molecular weight is 1260 g/mol. The molecule has 31 heteroatoms. The third-order valence-electron chi connectivity index (χ3n) is 18.1. The summed E-state index contributed by atoms with van der Waals surface area (Å²) in [4.78, 5) is 46.6. The van der Waals surface area contributed by atoms with E-state index in [1.54, 1.807) is 58.0 Å². The molecule has 8 aliphatic rings. The molecule has 14 rings (SSSR count). The van der Waals surface area contributed by atoms with Gasteiger partial charge in [-0.1, -0.05) is 38.5 Å². The Morgan fingerprint density at radius 3 is 1.26 bits per heavy atom. The fourth-order valence-corrected chi connectivity index (χ4v) is 13.6. The zero-order chi connectivity index (χ0) is 64.8. The molecule has 6 aromatic heterocycles. The van der Waals surface area contributed by atoms with Gasteiger partial charge in [0.05, 0.1) is 41.4 Å². The van der Waals surface area contributed by atoms with Crippen LogP contribution >= 0.6 is 0 Å². The van der Waals surface area contributed by atoms with Crippen molar-refractivity contribution in [2.75, 3.05) is 37.0 Å². The largest absolute Gasteiger partial charge is 0.481 e. The highest BCUT2D eigenvalue weighted by atomic mass is 16.8. The van der Waals surface area contributed by atoms with Crippen molar-refractivity contribution in [3.63, 3.8) is 0 Å². The standard InChI is InChI=1S/C21H25N5O5.C18H21N5O5.C15H17N5O4.C6H10O2/c1-20(2)30-16-14(9-28-19(27)12-5-3-4-6-12)29-21(10-22,17(16)31-20)15-8-7-13-18(23)24-11-25-26(13)15;19-8-18(13-6-5-11-16(20)21-9-22-23(11)13)15(25)14(24)12(28-18)7-27-17(26)10-3-1-2-4-10;1-14(2)23-11-9(5-21)22-15(6-16,12(11)24-14)10-4-3-8-13(17)18-7-19-20(8)10;7-6(8)5-3-1-2-4-5/h7-8,11-12,14,16-17H,3-6,9H2,1-2H3,(H2,23,24,25);5-6,9-10,12,14-15,24-25H,1-4,7H2,(H2,20,21,22);3-4,7,9,11-12,21H,5H2,1-2H3,(H2,17,18,19);5H,1-4H2,(H,7,8)/t14-,16-,17-,21+;12-,14-,15-,18+;9-,11-,12-,15+;/m111./s1. The third kappa shape index (κ3) is 11.8. The van der Waals surface area contributed by atoms with E-state index < -0.39 is 89.3 Å². The third-order valence-corrected chi connectivity index (χ3v) is 18.1. The van der Waals surface area contributed by atoms with Crippen LogP contribution in [-0.2, 0) is 73.8 Å². The van der Waals surface area contributed by atoms with Gasteiger partial charge in [0.2, 0.25) is 16.8 Å². The molecule has 0 aromatic carbocycles. The zero-order valence-corrected chi connectivity index (χ0v) is 50.5. The molecule has 0 bridgehead atoms. The maximum atomic E-state index is 12.4. The van der Waals surface area contributed by atoms with Crippen LogP contribution in [0.15, 0.2) is 55.4 Å². The van der Waals surface area contributed by atoms with Crippen LogP contribution in [0.3, 0.4) is 0 Å². The molecule has 11 heterocycles. The first-order valence-corrected chi connectivity index (χ1v) is 30.3. The lowest BCUT2D eigenvalue weighted by Crippen LogP contribution is -2.41. The summed E-state index contributed by atoms with van der Waals surface area (Å²) in [6, 6.07) is 16.4. The molecular weight excluding hydrogens is 1190 g/mol. The van der Waals surface area contributed by atoms with E-state index in [1.807, 2.05) is 6.07 Å². The lowest BCUT2D eigenvalue weighted by molar-refractivity contribution is -0.207. The van der Waals surface area contributed by atoms with Crippen molar-refractivity contribution in [3.8, 4) is 18.2 Å². The monoisotopic (exact) mass is 1260 g/mol. The Hall–Kier alpha value is -8.26. The number of aliphatic hydroxyl groups excluding tert-OH is 3. The van der Waals surface area contributed by atoms with E-state index in [9.17, 15) is 45.5 Å². The number of nitriles is 3. The summed E-state index contributed by atoms with van der Waals surface area (Å²) in [5, 5.41) is 81.7. The fraction of sp³-hybridized carbons (Fsp3) is 0.600. The molecule has 0 radical (unpaired) electrons. The highest BCUT2D eigenvalue weighted by Gasteiger charge is 2.67. The van der Waals surface area contributed by atoms with Gasteiger partial charge < -0.3 is 80.3 Å². The van der Waals surface area contributed by atoms with Gasteiger partial charge in [0.1, 0.15) is 122 Å². The number of carboxylic acid groups (broad SMARTS) is 1. The van der Waals surface area contributed by atoms with E-state index in [0.717, 1.165) is 77.0 Å². The molecule has 6 aromatic rings. The van der Waals surface area contributed by atoms with E-state index >= 15 is 0 Å². The lowest BCUT2D eigenvalue weighted by atomic mass is 9.92. The zero-order valence-electron chi connectivity index (χ0n) is 50.5. The molecule has 484 valence electrons. The van der Waals surface area contributed by atoms with Gasteiger partial charge in [0.15, 0.2) is 29.0 Å². The van der Waals surface area contributed by atoms with Crippen molar-refractivity contribution in [1.29, 1.82) is 15.8 Å². The molecule has 0 amide bonds. The number of esters is 2. The molecule has 5 aliphatic heterocycles. The quantitative estimate of drug-likeness (QED) is 0.0917. The number of hydrogen-bond acceptors (Lipinski definition) is 27. The molecule has 31 nitrogen and oxygen atoms in total. The second kappa shape index (κ2) is 25.4. The highest BCUT2D eigenvalue weighted by molar-refractivity contribution is 5.73. The van der Waals surface area contributed by atoms with E-state index in [-0.39, 0.29) is 66.8 Å². The van der Waals surface area contributed by atoms with E-state index in [2.05, 4.69) is 42.4 Å². The number of nitrogen functional groups attached to an aromatic ring is 3. The maximum absolute atomic E-state index is 12.4. The SMILES string of the molecule is CC1(C)O[C@H]2[C@@H](O1)[C@](C#N)(c1ccc3c(N)ncnn13)O[C@@H]2CO.CC1(C)O[C@H]2[C@@H](O1)[C@](C#N)(c1ccc3c(N)ncnn13)O[C@@H]2COC(=O)C1CCCC1.N#C[C@@]1(c2ccc3c(N)ncnn23)O[C@H](COC(=O)C2CCCC2)[C@@H](O)[C@H]1O.O=C(O)C1CCCC1. The van der Waals surface area contributed by atoms with Crippen molar-refractivity contribution in [3.05, 3.63) is 72.5 Å². The second-order valence-electron chi connectivity index (χ2n) is 24.7. The van der Waals surface area contributed by atoms with Crippen molar-refractivity contribution >= 4 is 51.9 Å². The predicted molar refractivity (Wildman–Crippen MR) is 311 cm³/mol. The van der Waals surface area contributed by atoms with Crippen LogP contribution in [0.25, 0.3) is 16.6 Å². The van der Waals surface area contributed by atoms with Gasteiger partial charge in [-0.25, -0.2) is 28.5 Å². The van der Waals surface area contributed by atoms with Crippen molar-refractivity contribution in [2.45, 2.75) is 188 Å². The van der Waals surface area contributed by atoms with Crippen molar-refractivity contribution in [1.82, 2.24) is 43.8 Å². The average Bonchev–Trinajstić information content (AvgIpc) is 1.57. The summed E-state index contributed by atoms with van der Waals surface area (Å²) in [7, 11) is 0. The Morgan fingerprint density at radius 1 is 0.538 bits per heavy atom. The van der Waals surface area contributed by atoms with Gasteiger partial charge in [0.25, 0.3) is 0 Å². The minimum atomic E-state index is -1.89. The van der Waals surface area contributed by atoms with Crippen molar-refractivity contribution < 1.29 is 77.4 Å². The molecule has 0 unspecified atom stereocenters. The Kier molecular flexibility index (Phi) is 18.0. The van der Waals surface area contributed by atoms with Gasteiger partial charge in [-0.2, -0.15) is 31.1 Å². The summed E-state index contributed by atoms with van der Waals surface area (Å²) in [5.74, 6) is -2.42. The Morgan fingerprint density at radius 2 is 0.890 bits per heavy atom. The van der Waals surface area contributed by atoms with Crippen LogP contribution in [-0.4, -0.2) is 168 Å². The summed E-state index contributed by atoms with van der Waals surface area (Å²) in [6.45, 7) is 6.54. The molecule has 3 saturated carbocycles. The fourth-order valence-electron chi connectivity index (χ4n) is 13.6. The molecule has 91 heavy (non-hydrogen) atoms. The Balaban J connectivity index is 0.000000133. The molecule has 10 N–H and O–H groups in total. The molecule has 0 spiro atoms. The number of nitrogens with two attached hydrogens (primary N) is 3. The number of carbonyl (C=O) groups excluding carboxylic acids is 2. The van der Waals surface area contributed by atoms with Gasteiger partial charge >= 0.3 is 17.9 Å². The van der Waals surface area contributed by atoms with Crippen LogP contribution in [0.1, 0.15) is 122 Å². The van der Waals surface area contributed by atoms with Gasteiger partial charge in [0, 0.05) is 0 Å². The number of hydrogen-bond donors (Lipinski definition) is 7. The second-order valence-corrected chi connectivity index (χ2v) is 24.7.